The second kappa shape index (κ2) is 8.57. The molecule has 0 unspecified atom stereocenters. The molecule has 0 aliphatic carbocycles. The van der Waals surface area contributed by atoms with Crippen LogP contribution in [0, 0.1) is 10.8 Å². The molecule has 0 heterocycles. The molecular formula is C18H28O4. The second-order valence-corrected chi connectivity index (χ2v) is 6.48. The smallest absolute Gasteiger partial charge is 0.316 e. The minimum atomic E-state index is -0.722. The zero-order valence-electron chi connectivity index (χ0n) is 14.5. The average Bonchev–Trinajstić information content (AvgIpc) is 2.48. The normalized spacial score (nSPS) is 11.2. The summed E-state index contributed by atoms with van der Waals surface area (Å²) >= 11 is 0. The number of carboxylic acid groups (broad SMARTS) is 1. The Morgan fingerprint density at radius 1 is 0.955 bits per heavy atom. The van der Waals surface area contributed by atoms with Crippen LogP contribution >= 0.6 is 0 Å². The van der Waals surface area contributed by atoms with Crippen LogP contribution in [0.3, 0.4) is 0 Å². The summed E-state index contributed by atoms with van der Waals surface area (Å²) in [4.78, 5) is 21.9. The Morgan fingerprint density at radius 2 is 1.41 bits per heavy atom. The molecule has 0 atom stereocenters. The van der Waals surface area contributed by atoms with Gasteiger partial charge < -0.3 is 9.84 Å². The summed E-state index contributed by atoms with van der Waals surface area (Å²) in [5.74, 6) is -0.287. The van der Waals surface area contributed by atoms with Crippen molar-refractivity contribution < 1.29 is 19.4 Å². The fraction of sp³-hybridized carbons (Fsp3) is 0.556. The molecule has 0 amide bonds. The highest BCUT2D eigenvalue weighted by atomic mass is 16.5. The van der Waals surface area contributed by atoms with Crippen LogP contribution in [-0.2, 0) is 9.59 Å². The van der Waals surface area contributed by atoms with Crippen molar-refractivity contribution in [2.75, 3.05) is 0 Å². The lowest BCUT2D eigenvalue weighted by Crippen LogP contribution is -2.28. The molecule has 1 aromatic carbocycles. The van der Waals surface area contributed by atoms with Crippen molar-refractivity contribution in [1.29, 1.82) is 0 Å². The van der Waals surface area contributed by atoms with E-state index in [-0.39, 0.29) is 5.97 Å². The summed E-state index contributed by atoms with van der Waals surface area (Å²) in [6, 6.07) is 9.15. The van der Waals surface area contributed by atoms with Gasteiger partial charge in [-0.15, -0.1) is 0 Å². The lowest BCUT2D eigenvalue weighted by Gasteiger charge is -2.19. The third-order valence-corrected chi connectivity index (χ3v) is 3.85. The molecule has 22 heavy (non-hydrogen) atoms. The second-order valence-electron chi connectivity index (χ2n) is 6.48. The van der Waals surface area contributed by atoms with Crippen molar-refractivity contribution in [3.05, 3.63) is 30.3 Å². The molecule has 0 fully saturated rings. The molecule has 0 bridgehead atoms. The highest BCUT2D eigenvalue weighted by Crippen LogP contribution is 2.23. The van der Waals surface area contributed by atoms with E-state index in [9.17, 15) is 9.59 Å². The highest BCUT2D eigenvalue weighted by molar-refractivity contribution is 5.78. The van der Waals surface area contributed by atoms with E-state index in [1.165, 1.54) is 0 Å². The zero-order chi connectivity index (χ0) is 17.4. The number of para-hydroxylation sites is 1. The Bertz CT molecular complexity index is 475. The van der Waals surface area contributed by atoms with Crippen LogP contribution in [0.1, 0.15) is 54.4 Å². The molecule has 0 saturated heterocycles. The lowest BCUT2D eigenvalue weighted by molar-refractivity contribution is -0.147. The van der Waals surface area contributed by atoms with Gasteiger partial charge in [-0.1, -0.05) is 32.0 Å². The Kier molecular flexibility index (Phi) is 7.85. The Balaban J connectivity index is 0.000000472. The lowest BCUT2D eigenvalue weighted by atomic mass is 9.91. The first kappa shape index (κ1) is 20.2. The first-order chi connectivity index (χ1) is 10.1. The molecule has 0 aliphatic heterocycles. The molecule has 4 nitrogen and oxygen atoms in total. The molecule has 1 N–H and O–H groups in total. The predicted octanol–water partition coefficient (Wildman–Crippen LogP) is 4.54. The molecule has 1 aromatic rings. The van der Waals surface area contributed by atoms with E-state index in [1.807, 2.05) is 45.9 Å². The maximum absolute atomic E-state index is 11.6. The van der Waals surface area contributed by atoms with E-state index in [2.05, 4.69) is 0 Å². The Morgan fingerprint density at radius 3 is 1.73 bits per heavy atom. The number of hydrogen-bond acceptors (Lipinski definition) is 3. The first-order valence-electron chi connectivity index (χ1n) is 7.57. The number of carboxylic acids is 1. The van der Waals surface area contributed by atoms with E-state index in [1.54, 1.807) is 26.0 Å². The van der Waals surface area contributed by atoms with E-state index in [0.717, 1.165) is 6.42 Å². The molecule has 1 rings (SSSR count). The fourth-order valence-corrected chi connectivity index (χ4v) is 1.03. The van der Waals surface area contributed by atoms with Crippen molar-refractivity contribution in [2.45, 2.75) is 54.4 Å². The number of ether oxygens (including phenoxy) is 1. The number of carbonyl (C=O) groups is 2. The van der Waals surface area contributed by atoms with Crippen LogP contribution < -0.4 is 4.74 Å². The quantitative estimate of drug-likeness (QED) is 0.641. The van der Waals surface area contributed by atoms with Crippen molar-refractivity contribution in [3.63, 3.8) is 0 Å². The Labute approximate surface area is 133 Å². The van der Waals surface area contributed by atoms with Gasteiger partial charge in [0.25, 0.3) is 0 Å². The van der Waals surface area contributed by atoms with Gasteiger partial charge in [-0.3, -0.25) is 9.59 Å². The van der Waals surface area contributed by atoms with Gasteiger partial charge in [-0.2, -0.15) is 0 Å². The number of esters is 1. The van der Waals surface area contributed by atoms with Crippen molar-refractivity contribution in [2.24, 2.45) is 10.8 Å². The van der Waals surface area contributed by atoms with Gasteiger partial charge in [0.05, 0.1) is 10.8 Å². The Hall–Kier alpha value is -1.84. The van der Waals surface area contributed by atoms with Crippen LogP contribution in [-0.4, -0.2) is 17.0 Å². The first-order valence-corrected chi connectivity index (χ1v) is 7.57. The van der Waals surface area contributed by atoms with E-state index in [4.69, 9.17) is 9.84 Å². The van der Waals surface area contributed by atoms with Crippen molar-refractivity contribution in [1.82, 2.24) is 0 Å². The molecule has 0 aliphatic rings. The summed E-state index contributed by atoms with van der Waals surface area (Å²) in [6.07, 6.45) is 1.46. The molecule has 0 saturated carbocycles. The van der Waals surface area contributed by atoms with Crippen LogP contribution in [0.4, 0.5) is 0 Å². The van der Waals surface area contributed by atoms with Crippen molar-refractivity contribution >= 4 is 11.9 Å². The number of rotatable bonds is 5. The van der Waals surface area contributed by atoms with Gasteiger partial charge in [-0.25, -0.2) is 0 Å². The third kappa shape index (κ3) is 6.74. The topological polar surface area (TPSA) is 63.6 Å². The van der Waals surface area contributed by atoms with Gasteiger partial charge in [0, 0.05) is 0 Å². The van der Waals surface area contributed by atoms with Crippen LogP contribution in [0.15, 0.2) is 30.3 Å². The largest absolute Gasteiger partial charge is 0.481 e. The summed E-state index contributed by atoms with van der Waals surface area (Å²) in [6.45, 7) is 11.1. The highest BCUT2D eigenvalue weighted by Gasteiger charge is 2.27. The monoisotopic (exact) mass is 308 g/mol. The van der Waals surface area contributed by atoms with Crippen LogP contribution in [0.2, 0.25) is 0 Å². The van der Waals surface area contributed by atoms with Gasteiger partial charge in [0.15, 0.2) is 0 Å². The number of hydrogen-bond donors (Lipinski definition) is 1. The number of benzene rings is 1. The van der Waals surface area contributed by atoms with Gasteiger partial charge >= 0.3 is 11.9 Å². The molecule has 0 aromatic heterocycles. The minimum Gasteiger partial charge on any atom is -0.481 e. The summed E-state index contributed by atoms with van der Waals surface area (Å²) < 4.78 is 5.23. The predicted molar refractivity (Wildman–Crippen MR) is 87.9 cm³/mol. The van der Waals surface area contributed by atoms with Gasteiger partial charge in [0.2, 0.25) is 0 Å². The van der Waals surface area contributed by atoms with Gasteiger partial charge in [-0.05, 0) is 52.7 Å². The summed E-state index contributed by atoms with van der Waals surface area (Å²) in [5.41, 5.74) is -0.949. The SMILES string of the molecule is CCC(C)(C)C(=O)O.CCC(C)(C)C(=O)Oc1ccccc1. The standard InChI is InChI=1S/C12H16O2.C6H12O2/c1-4-12(2,3)11(13)14-10-8-6-5-7-9-10;1-4-6(2,3)5(7)8/h5-9H,4H2,1-3H3;4H2,1-3H3,(H,7,8). The molecular weight excluding hydrogens is 280 g/mol. The van der Waals surface area contributed by atoms with E-state index in [0.29, 0.717) is 12.2 Å². The van der Waals surface area contributed by atoms with E-state index >= 15 is 0 Å². The van der Waals surface area contributed by atoms with Gasteiger partial charge in [0.1, 0.15) is 5.75 Å². The fourth-order valence-electron chi connectivity index (χ4n) is 1.03. The molecule has 4 heteroatoms. The maximum atomic E-state index is 11.6. The summed E-state index contributed by atoms with van der Waals surface area (Å²) in [5, 5.41) is 8.44. The average molecular weight is 308 g/mol. The number of aliphatic carboxylic acids is 1. The zero-order valence-corrected chi connectivity index (χ0v) is 14.5. The van der Waals surface area contributed by atoms with Crippen molar-refractivity contribution in [3.8, 4) is 5.75 Å². The minimum absolute atomic E-state index is 0.175. The summed E-state index contributed by atoms with van der Waals surface area (Å²) in [7, 11) is 0. The third-order valence-electron chi connectivity index (χ3n) is 3.85. The molecule has 124 valence electrons. The molecule has 0 radical (unpaired) electrons. The maximum Gasteiger partial charge on any atom is 0.316 e. The van der Waals surface area contributed by atoms with Crippen LogP contribution in [0.25, 0.3) is 0 Å². The van der Waals surface area contributed by atoms with E-state index < -0.39 is 16.8 Å². The molecule has 0 spiro atoms. The van der Waals surface area contributed by atoms with Crippen LogP contribution in [0.5, 0.6) is 5.75 Å². The number of carbonyl (C=O) groups excluding carboxylic acids is 1.